The fourth-order valence-corrected chi connectivity index (χ4v) is 2.48. The molecule has 19 heavy (non-hydrogen) atoms. The Labute approximate surface area is 110 Å². The molecule has 0 aliphatic heterocycles. The maximum Gasteiger partial charge on any atom is 0.450 e. The molecule has 2 rings (SSSR count). The van der Waals surface area contributed by atoms with Gasteiger partial charge in [0.05, 0.1) is 0 Å². The third-order valence-corrected chi connectivity index (χ3v) is 3.67. The van der Waals surface area contributed by atoms with Crippen LogP contribution in [-0.4, -0.2) is 12.0 Å². The summed E-state index contributed by atoms with van der Waals surface area (Å²) in [4.78, 5) is 11.0. The number of unbranched alkanes of at least 4 members (excludes halogenated alkanes) is 1. The topological polar surface area (TPSA) is 17.1 Å². The van der Waals surface area contributed by atoms with E-state index in [1.54, 1.807) is 0 Å². The summed E-state index contributed by atoms with van der Waals surface area (Å²) in [6.45, 7) is 0. The van der Waals surface area contributed by atoms with Crippen molar-refractivity contribution in [3.63, 3.8) is 0 Å². The second-order valence-electron chi connectivity index (χ2n) is 5.20. The Hall–Kier alpha value is -1.32. The third-order valence-electron chi connectivity index (χ3n) is 3.67. The van der Waals surface area contributed by atoms with Gasteiger partial charge in [0.1, 0.15) is 0 Å². The smallest absolute Gasteiger partial charge is 0.289 e. The highest BCUT2D eigenvalue weighted by Gasteiger charge is 2.53. The monoisotopic (exact) mass is 270 g/mol. The van der Waals surface area contributed by atoms with Crippen molar-refractivity contribution >= 4 is 5.78 Å². The van der Waals surface area contributed by atoms with Crippen molar-refractivity contribution in [3.05, 3.63) is 35.9 Å². The molecular weight excluding hydrogens is 253 g/mol. The van der Waals surface area contributed by atoms with Crippen LogP contribution >= 0.6 is 0 Å². The Kier molecular flexibility index (Phi) is 4.27. The number of Topliss-reactive ketones (excluding diaryl/α,β-unsaturated/α-hetero) is 1. The summed E-state index contributed by atoms with van der Waals surface area (Å²) >= 11 is 0. The number of halogens is 3. The van der Waals surface area contributed by atoms with Gasteiger partial charge in [0.15, 0.2) is 0 Å². The first-order chi connectivity index (χ1) is 8.98. The molecule has 104 valence electrons. The van der Waals surface area contributed by atoms with Gasteiger partial charge in [-0.05, 0) is 37.2 Å². The number of benzene rings is 1. The molecule has 0 unspecified atom stereocenters. The molecule has 0 saturated heterocycles. The normalized spacial score (nSPS) is 22.3. The quantitative estimate of drug-likeness (QED) is 0.709. The molecule has 0 N–H and O–H groups in total. The van der Waals surface area contributed by atoms with Crippen molar-refractivity contribution in [1.29, 1.82) is 0 Å². The predicted octanol–water partition coefficient (Wildman–Crippen LogP) is 4.17. The van der Waals surface area contributed by atoms with Crippen molar-refractivity contribution in [3.8, 4) is 0 Å². The zero-order chi connectivity index (χ0) is 13.9. The molecule has 1 aromatic rings. The molecule has 0 spiro atoms. The van der Waals surface area contributed by atoms with Gasteiger partial charge in [0.2, 0.25) is 5.78 Å². The predicted molar refractivity (Wildman–Crippen MR) is 66.7 cm³/mol. The van der Waals surface area contributed by atoms with Crippen LogP contribution < -0.4 is 0 Å². The first-order valence-electron chi connectivity index (χ1n) is 6.63. The zero-order valence-corrected chi connectivity index (χ0v) is 10.6. The molecule has 1 fully saturated rings. The average Bonchev–Trinajstić information content (AvgIpc) is 3.13. The Morgan fingerprint density at radius 2 is 1.84 bits per heavy atom. The molecule has 2 atom stereocenters. The molecular formula is C15H17F3O. The van der Waals surface area contributed by atoms with Crippen LogP contribution in [0.5, 0.6) is 0 Å². The summed E-state index contributed by atoms with van der Waals surface area (Å²) in [6, 6.07) is 10.0. The fraction of sp³-hybridized carbons (Fsp3) is 0.533. The van der Waals surface area contributed by atoms with Gasteiger partial charge in [-0.15, -0.1) is 0 Å². The van der Waals surface area contributed by atoms with Gasteiger partial charge in [0.25, 0.3) is 0 Å². The molecule has 0 amide bonds. The highest BCUT2D eigenvalue weighted by Crippen LogP contribution is 2.46. The van der Waals surface area contributed by atoms with Gasteiger partial charge in [0, 0.05) is 5.92 Å². The molecule has 4 heteroatoms. The molecule has 1 aliphatic rings. The van der Waals surface area contributed by atoms with Gasteiger partial charge < -0.3 is 0 Å². The van der Waals surface area contributed by atoms with Crippen LogP contribution in [0.3, 0.4) is 0 Å². The average molecular weight is 270 g/mol. The third kappa shape index (κ3) is 4.08. The summed E-state index contributed by atoms with van der Waals surface area (Å²) in [7, 11) is 0. The van der Waals surface area contributed by atoms with Crippen molar-refractivity contribution in [2.45, 2.75) is 38.3 Å². The number of rotatable bonds is 6. The second kappa shape index (κ2) is 5.76. The lowest BCUT2D eigenvalue weighted by molar-refractivity contribution is -0.172. The van der Waals surface area contributed by atoms with Crippen LogP contribution in [0.1, 0.15) is 31.2 Å². The van der Waals surface area contributed by atoms with E-state index in [1.807, 2.05) is 30.3 Å². The van der Waals surface area contributed by atoms with Crippen molar-refractivity contribution in [2.75, 3.05) is 0 Å². The number of carbonyl (C=O) groups excluding carboxylic acids is 1. The lowest BCUT2D eigenvalue weighted by Crippen LogP contribution is -2.25. The molecule has 0 heterocycles. The zero-order valence-electron chi connectivity index (χ0n) is 10.6. The lowest BCUT2D eigenvalue weighted by atomic mass is 10.0. The van der Waals surface area contributed by atoms with E-state index in [-0.39, 0.29) is 5.92 Å². The van der Waals surface area contributed by atoms with E-state index in [0.717, 1.165) is 25.7 Å². The molecule has 1 aliphatic carbocycles. The van der Waals surface area contributed by atoms with Crippen molar-refractivity contribution in [2.24, 2.45) is 11.8 Å². The van der Waals surface area contributed by atoms with Gasteiger partial charge in [-0.25, -0.2) is 0 Å². The molecule has 1 aromatic carbocycles. The minimum absolute atomic E-state index is 0.0371. The number of aryl methyl sites for hydroxylation is 1. The number of hydrogen-bond acceptors (Lipinski definition) is 1. The Balaban J connectivity index is 1.62. The highest BCUT2D eigenvalue weighted by atomic mass is 19.4. The fourth-order valence-electron chi connectivity index (χ4n) is 2.48. The van der Waals surface area contributed by atoms with Crippen LogP contribution in [0.15, 0.2) is 30.3 Å². The summed E-state index contributed by atoms with van der Waals surface area (Å²) in [5.74, 6) is -2.32. The molecule has 1 saturated carbocycles. The van der Waals surface area contributed by atoms with E-state index in [0.29, 0.717) is 6.42 Å². The number of ketones is 1. The summed E-state index contributed by atoms with van der Waals surface area (Å²) in [6.07, 6.45) is -0.688. The largest absolute Gasteiger partial charge is 0.450 e. The van der Waals surface area contributed by atoms with Crippen LogP contribution in [0.4, 0.5) is 13.2 Å². The molecule has 0 radical (unpaired) electrons. The number of hydrogen-bond donors (Lipinski definition) is 0. The van der Waals surface area contributed by atoms with Crippen molar-refractivity contribution < 1.29 is 18.0 Å². The maximum atomic E-state index is 12.2. The van der Waals surface area contributed by atoms with E-state index in [4.69, 9.17) is 0 Å². The van der Waals surface area contributed by atoms with Crippen LogP contribution in [0.25, 0.3) is 0 Å². The minimum Gasteiger partial charge on any atom is -0.289 e. The number of alkyl halides is 3. The Morgan fingerprint density at radius 3 is 2.47 bits per heavy atom. The Morgan fingerprint density at radius 1 is 1.16 bits per heavy atom. The van der Waals surface area contributed by atoms with E-state index in [2.05, 4.69) is 0 Å². The molecule has 1 nitrogen and oxygen atoms in total. The van der Waals surface area contributed by atoms with Crippen LogP contribution in [0, 0.1) is 11.8 Å². The van der Waals surface area contributed by atoms with Crippen LogP contribution in [-0.2, 0) is 11.2 Å². The second-order valence-corrected chi connectivity index (χ2v) is 5.20. The summed E-state index contributed by atoms with van der Waals surface area (Å²) in [5.41, 5.74) is 1.25. The van der Waals surface area contributed by atoms with E-state index in [9.17, 15) is 18.0 Å². The molecule has 0 bridgehead atoms. The van der Waals surface area contributed by atoms with Crippen molar-refractivity contribution in [1.82, 2.24) is 0 Å². The van der Waals surface area contributed by atoms with Crippen LogP contribution in [0.2, 0.25) is 0 Å². The van der Waals surface area contributed by atoms with E-state index in [1.165, 1.54) is 5.56 Å². The van der Waals surface area contributed by atoms with Gasteiger partial charge in [-0.3, -0.25) is 4.79 Å². The van der Waals surface area contributed by atoms with E-state index >= 15 is 0 Å². The first-order valence-corrected chi connectivity index (χ1v) is 6.63. The Bertz CT molecular complexity index is 425. The maximum absolute atomic E-state index is 12.2. The highest BCUT2D eigenvalue weighted by molar-refractivity contribution is 5.88. The standard InChI is InChI=1S/C15H17F3O/c16-15(17,18)14(19)13-10-12(13)9-5-4-8-11-6-2-1-3-7-11/h1-3,6-7,12-13H,4-5,8-10H2/t12-,13-/m1/s1. The lowest BCUT2D eigenvalue weighted by Gasteiger charge is -2.04. The number of carbonyl (C=O) groups is 1. The summed E-state index contributed by atoms with van der Waals surface area (Å²) in [5, 5.41) is 0. The first kappa shape index (κ1) is 14.1. The van der Waals surface area contributed by atoms with E-state index < -0.39 is 17.9 Å². The molecule has 0 aromatic heterocycles. The van der Waals surface area contributed by atoms with Gasteiger partial charge in [-0.2, -0.15) is 13.2 Å². The minimum atomic E-state index is -4.65. The van der Waals surface area contributed by atoms with Gasteiger partial charge in [-0.1, -0.05) is 36.8 Å². The van der Waals surface area contributed by atoms with Gasteiger partial charge >= 0.3 is 6.18 Å². The summed E-state index contributed by atoms with van der Waals surface area (Å²) < 4.78 is 36.5. The SMILES string of the molecule is O=C([C@@H]1C[C@H]1CCCCc1ccccc1)C(F)(F)F.